The highest BCUT2D eigenvalue weighted by atomic mass is 16.5. The number of ether oxygens (including phenoxy) is 1. The summed E-state index contributed by atoms with van der Waals surface area (Å²) < 4.78 is 7.18. The molecule has 1 aliphatic heterocycles. The van der Waals surface area contributed by atoms with Gasteiger partial charge in [-0.2, -0.15) is 5.10 Å². The second kappa shape index (κ2) is 3.69. The van der Waals surface area contributed by atoms with Gasteiger partial charge in [0.25, 0.3) is 0 Å². The van der Waals surface area contributed by atoms with Crippen molar-refractivity contribution in [2.45, 2.75) is 6.67 Å². The lowest BCUT2D eigenvalue weighted by Gasteiger charge is -2.26. The second-order valence-corrected chi connectivity index (χ2v) is 2.92. The molecule has 0 aromatic carbocycles. The zero-order valence-electron chi connectivity index (χ0n) is 7.02. The molecule has 1 aromatic rings. The fraction of sp³-hybridized carbons (Fsp3) is 0.625. The summed E-state index contributed by atoms with van der Waals surface area (Å²) in [6.07, 6.45) is 3.79. The molecule has 0 aliphatic carbocycles. The maximum absolute atomic E-state index is 5.25. The van der Waals surface area contributed by atoms with Crippen LogP contribution in [0.3, 0.4) is 0 Å². The molecular weight excluding hydrogens is 154 g/mol. The van der Waals surface area contributed by atoms with Crippen molar-refractivity contribution in [1.82, 2.24) is 14.7 Å². The molecule has 2 heterocycles. The molecule has 0 unspecified atom stereocenters. The molecule has 12 heavy (non-hydrogen) atoms. The Kier molecular flexibility index (Phi) is 2.39. The number of morpholine rings is 1. The van der Waals surface area contributed by atoms with Crippen LogP contribution in [0.4, 0.5) is 0 Å². The van der Waals surface area contributed by atoms with E-state index in [1.165, 1.54) is 0 Å². The van der Waals surface area contributed by atoms with Crippen LogP contribution >= 0.6 is 0 Å². The fourth-order valence-corrected chi connectivity index (χ4v) is 1.33. The van der Waals surface area contributed by atoms with E-state index in [0.29, 0.717) is 0 Å². The second-order valence-electron chi connectivity index (χ2n) is 2.92. The van der Waals surface area contributed by atoms with Crippen LogP contribution in [0.5, 0.6) is 0 Å². The van der Waals surface area contributed by atoms with Crippen molar-refractivity contribution in [1.29, 1.82) is 0 Å². The van der Waals surface area contributed by atoms with Crippen LogP contribution < -0.4 is 0 Å². The lowest BCUT2D eigenvalue weighted by molar-refractivity contribution is 0.0213. The van der Waals surface area contributed by atoms with E-state index in [4.69, 9.17) is 4.74 Å². The highest BCUT2D eigenvalue weighted by molar-refractivity contribution is 4.77. The van der Waals surface area contributed by atoms with Crippen molar-refractivity contribution in [3.05, 3.63) is 18.5 Å². The Hall–Kier alpha value is -0.870. The highest BCUT2D eigenvalue weighted by Gasteiger charge is 2.09. The summed E-state index contributed by atoms with van der Waals surface area (Å²) in [5.41, 5.74) is 0. The van der Waals surface area contributed by atoms with Gasteiger partial charge in [0.1, 0.15) is 0 Å². The zero-order chi connectivity index (χ0) is 8.23. The molecule has 4 nitrogen and oxygen atoms in total. The third-order valence-corrected chi connectivity index (χ3v) is 2.01. The minimum absolute atomic E-state index is 0.848. The van der Waals surface area contributed by atoms with Gasteiger partial charge in [-0.05, 0) is 6.07 Å². The van der Waals surface area contributed by atoms with Gasteiger partial charge in [0.15, 0.2) is 0 Å². The number of nitrogens with zero attached hydrogens (tertiary/aromatic N) is 3. The van der Waals surface area contributed by atoms with Crippen molar-refractivity contribution in [3.63, 3.8) is 0 Å². The third kappa shape index (κ3) is 1.84. The van der Waals surface area contributed by atoms with Gasteiger partial charge in [0.2, 0.25) is 0 Å². The molecule has 0 saturated carbocycles. The van der Waals surface area contributed by atoms with E-state index in [2.05, 4.69) is 10.00 Å². The van der Waals surface area contributed by atoms with E-state index in [9.17, 15) is 0 Å². The quantitative estimate of drug-likeness (QED) is 0.629. The first-order chi connectivity index (χ1) is 5.95. The molecule has 1 aromatic heterocycles. The predicted octanol–water partition coefficient (Wildman–Crippen LogP) is 0.173. The number of hydrogen-bond donors (Lipinski definition) is 0. The standard InChI is InChI=1S/C8H13N3O/c1-2-9-11(3-1)8-10-4-6-12-7-5-10/h1-3H,4-8H2. The Balaban J connectivity index is 1.86. The van der Waals surface area contributed by atoms with Crippen molar-refractivity contribution in [3.8, 4) is 0 Å². The molecular formula is C8H13N3O. The molecule has 1 fully saturated rings. The van der Waals surface area contributed by atoms with Gasteiger partial charge < -0.3 is 4.74 Å². The molecule has 0 amide bonds. The van der Waals surface area contributed by atoms with Crippen LogP contribution in [0.15, 0.2) is 18.5 Å². The zero-order valence-corrected chi connectivity index (χ0v) is 7.02. The summed E-state index contributed by atoms with van der Waals surface area (Å²) in [7, 11) is 0. The largest absolute Gasteiger partial charge is 0.379 e. The Bertz CT molecular complexity index is 216. The van der Waals surface area contributed by atoms with Gasteiger partial charge in [-0.25, -0.2) is 0 Å². The third-order valence-electron chi connectivity index (χ3n) is 2.01. The van der Waals surface area contributed by atoms with Crippen molar-refractivity contribution < 1.29 is 4.74 Å². The summed E-state index contributed by atoms with van der Waals surface area (Å²) in [6, 6.07) is 1.94. The minimum Gasteiger partial charge on any atom is -0.379 e. The van der Waals surface area contributed by atoms with Gasteiger partial charge in [0.05, 0.1) is 19.9 Å². The van der Waals surface area contributed by atoms with Crippen molar-refractivity contribution in [2.75, 3.05) is 26.3 Å². The summed E-state index contributed by atoms with van der Waals surface area (Å²) in [6.45, 7) is 4.61. The summed E-state index contributed by atoms with van der Waals surface area (Å²) in [4.78, 5) is 2.33. The van der Waals surface area contributed by atoms with Crippen LogP contribution in [0.2, 0.25) is 0 Å². The van der Waals surface area contributed by atoms with Gasteiger partial charge >= 0.3 is 0 Å². The molecule has 0 spiro atoms. The van der Waals surface area contributed by atoms with E-state index < -0.39 is 0 Å². The van der Waals surface area contributed by atoms with Crippen LogP contribution in [0.1, 0.15) is 0 Å². The SMILES string of the molecule is c1cnn(CN2CCOCC2)c1. The van der Waals surface area contributed by atoms with Crippen LogP contribution in [0, 0.1) is 0 Å². The first-order valence-corrected chi connectivity index (χ1v) is 4.23. The van der Waals surface area contributed by atoms with Crippen LogP contribution in [-0.4, -0.2) is 41.0 Å². The minimum atomic E-state index is 0.848. The summed E-state index contributed by atoms with van der Waals surface area (Å²) in [5, 5.41) is 4.14. The van der Waals surface area contributed by atoms with Gasteiger partial charge in [-0.3, -0.25) is 9.58 Å². The molecule has 2 rings (SSSR count). The molecule has 0 N–H and O–H groups in total. The van der Waals surface area contributed by atoms with Crippen LogP contribution in [-0.2, 0) is 11.4 Å². The average molecular weight is 167 g/mol. The first kappa shape index (κ1) is 7.76. The Morgan fingerprint density at radius 2 is 2.17 bits per heavy atom. The lowest BCUT2D eigenvalue weighted by Crippen LogP contribution is -2.37. The summed E-state index contributed by atoms with van der Waals surface area (Å²) in [5.74, 6) is 0. The predicted molar refractivity (Wildman–Crippen MR) is 44.6 cm³/mol. The fourth-order valence-electron chi connectivity index (χ4n) is 1.33. The Morgan fingerprint density at radius 1 is 1.33 bits per heavy atom. The summed E-state index contributed by atoms with van der Waals surface area (Å²) >= 11 is 0. The van der Waals surface area contributed by atoms with Gasteiger partial charge in [-0.1, -0.05) is 0 Å². The highest BCUT2D eigenvalue weighted by Crippen LogP contribution is 1.98. The first-order valence-electron chi connectivity index (χ1n) is 4.23. The maximum atomic E-state index is 5.25. The normalized spacial score (nSPS) is 19.7. The van der Waals surface area contributed by atoms with Gasteiger partial charge in [-0.15, -0.1) is 0 Å². The molecule has 1 aliphatic rings. The number of rotatable bonds is 2. The maximum Gasteiger partial charge on any atom is 0.0930 e. The Labute approximate surface area is 71.7 Å². The molecule has 0 bridgehead atoms. The monoisotopic (exact) mass is 167 g/mol. The van der Waals surface area contributed by atoms with E-state index in [0.717, 1.165) is 33.0 Å². The Morgan fingerprint density at radius 3 is 2.83 bits per heavy atom. The van der Waals surface area contributed by atoms with Crippen molar-refractivity contribution in [2.24, 2.45) is 0 Å². The molecule has 4 heteroatoms. The molecule has 1 saturated heterocycles. The van der Waals surface area contributed by atoms with Gasteiger partial charge in [0, 0.05) is 25.5 Å². The smallest absolute Gasteiger partial charge is 0.0930 e. The van der Waals surface area contributed by atoms with E-state index in [1.54, 1.807) is 6.20 Å². The van der Waals surface area contributed by atoms with E-state index in [1.807, 2.05) is 16.9 Å². The van der Waals surface area contributed by atoms with E-state index in [-0.39, 0.29) is 0 Å². The number of aromatic nitrogens is 2. The topological polar surface area (TPSA) is 30.3 Å². The van der Waals surface area contributed by atoms with Crippen LogP contribution in [0.25, 0.3) is 0 Å². The molecule has 0 atom stereocenters. The average Bonchev–Trinajstić information content (AvgIpc) is 2.59. The molecule has 0 radical (unpaired) electrons. The molecule has 66 valence electrons. The van der Waals surface area contributed by atoms with E-state index >= 15 is 0 Å². The number of hydrogen-bond acceptors (Lipinski definition) is 3. The van der Waals surface area contributed by atoms with Crippen molar-refractivity contribution >= 4 is 0 Å². The lowest BCUT2D eigenvalue weighted by atomic mass is 10.4.